The van der Waals surface area contributed by atoms with Crippen molar-refractivity contribution in [1.29, 1.82) is 0 Å². The highest BCUT2D eigenvalue weighted by Gasteiger charge is 2.16. The van der Waals surface area contributed by atoms with E-state index in [0.29, 0.717) is 18.7 Å². The van der Waals surface area contributed by atoms with E-state index in [1.165, 1.54) is 0 Å². The minimum absolute atomic E-state index is 0.171. The molecule has 2 aromatic rings. The first-order chi connectivity index (χ1) is 10.0. The SMILES string of the molecule is CCOC(C)(C)CNCc1ccc(F)c(-c2cccs2)c1. The number of thiophene rings is 1. The Morgan fingerprint density at radius 3 is 2.76 bits per heavy atom. The molecule has 1 heterocycles. The Kier molecular flexibility index (Phi) is 5.51. The standard InChI is InChI=1S/C17H22FNOS/c1-4-20-17(2,3)12-19-11-13-7-8-15(18)14(10-13)16-6-5-9-21-16/h5-10,19H,4,11-12H2,1-3H3. The van der Waals surface area contributed by atoms with Crippen molar-refractivity contribution in [3.05, 3.63) is 47.1 Å². The summed E-state index contributed by atoms with van der Waals surface area (Å²) in [7, 11) is 0. The fraction of sp³-hybridized carbons (Fsp3) is 0.412. The van der Waals surface area contributed by atoms with Crippen molar-refractivity contribution in [3.63, 3.8) is 0 Å². The molecule has 2 nitrogen and oxygen atoms in total. The number of rotatable bonds is 7. The molecule has 1 aromatic carbocycles. The molecule has 1 aromatic heterocycles. The maximum Gasteiger partial charge on any atom is 0.131 e. The van der Waals surface area contributed by atoms with Crippen LogP contribution < -0.4 is 5.32 Å². The lowest BCUT2D eigenvalue weighted by Gasteiger charge is -2.25. The Morgan fingerprint density at radius 1 is 1.29 bits per heavy atom. The lowest BCUT2D eigenvalue weighted by Crippen LogP contribution is -2.37. The van der Waals surface area contributed by atoms with Gasteiger partial charge in [0.2, 0.25) is 0 Å². The number of hydrogen-bond donors (Lipinski definition) is 1. The highest BCUT2D eigenvalue weighted by molar-refractivity contribution is 7.13. The van der Waals surface area contributed by atoms with Crippen LogP contribution in [0, 0.1) is 5.82 Å². The summed E-state index contributed by atoms with van der Waals surface area (Å²) in [5.74, 6) is -0.171. The summed E-state index contributed by atoms with van der Waals surface area (Å²) in [5, 5.41) is 5.34. The van der Waals surface area contributed by atoms with Crippen molar-refractivity contribution in [2.24, 2.45) is 0 Å². The zero-order chi connectivity index (χ0) is 15.3. The molecule has 0 aliphatic heterocycles. The van der Waals surface area contributed by atoms with Crippen molar-refractivity contribution in [2.45, 2.75) is 32.9 Å². The van der Waals surface area contributed by atoms with Gasteiger partial charge in [0.1, 0.15) is 5.82 Å². The van der Waals surface area contributed by atoms with Crippen molar-refractivity contribution in [1.82, 2.24) is 5.32 Å². The normalized spacial score (nSPS) is 11.8. The first-order valence-electron chi connectivity index (χ1n) is 7.19. The molecule has 0 unspecified atom stereocenters. The van der Waals surface area contributed by atoms with E-state index in [4.69, 9.17) is 4.74 Å². The highest BCUT2D eigenvalue weighted by Crippen LogP contribution is 2.28. The monoisotopic (exact) mass is 307 g/mol. The van der Waals surface area contributed by atoms with Crippen LogP contribution in [0.1, 0.15) is 26.3 Å². The van der Waals surface area contributed by atoms with Gasteiger partial charge < -0.3 is 10.1 Å². The average Bonchev–Trinajstić information content (AvgIpc) is 2.94. The van der Waals surface area contributed by atoms with Gasteiger partial charge in [-0.25, -0.2) is 4.39 Å². The molecular formula is C17H22FNOS. The molecule has 2 rings (SSSR count). The van der Waals surface area contributed by atoms with Crippen LogP contribution in [0.5, 0.6) is 0 Å². The molecule has 114 valence electrons. The summed E-state index contributed by atoms with van der Waals surface area (Å²) >= 11 is 1.55. The Morgan fingerprint density at radius 2 is 2.10 bits per heavy atom. The average molecular weight is 307 g/mol. The summed E-state index contributed by atoms with van der Waals surface area (Å²) in [4.78, 5) is 0.962. The topological polar surface area (TPSA) is 21.3 Å². The van der Waals surface area contributed by atoms with Crippen molar-refractivity contribution >= 4 is 11.3 Å². The van der Waals surface area contributed by atoms with Gasteiger partial charge in [0.15, 0.2) is 0 Å². The molecule has 0 aliphatic carbocycles. The maximum atomic E-state index is 13.9. The summed E-state index contributed by atoms with van der Waals surface area (Å²) in [5.41, 5.74) is 1.56. The molecule has 0 amide bonds. The Labute approximate surface area is 130 Å². The second-order valence-corrected chi connectivity index (χ2v) is 6.54. The van der Waals surface area contributed by atoms with Gasteiger partial charge in [-0.05, 0) is 49.9 Å². The second-order valence-electron chi connectivity index (χ2n) is 5.59. The molecular weight excluding hydrogens is 285 g/mol. The number of nitrogens with one attached hydrogen (secondary N) is 1. The molecule has 21 heavy (non-hydrogen) atoms. The van der Waals surface area contributed by atoms with E-state index in [1.54, 1.807) is 17.4 Å². The first-order valence-corrected chi connectivity index (χ1v) is 8.07. The van der Waals surface area contributed by atoms with Crippen LogP contribution in [0.3, 0.4) is 0 Å². The highest BCUT2D eigenvalue weighted by atomic mass is 32.1. The minimum atomic E-state index is -0.189. The van der Waals surface area contributed by atoms with E-state index in [2.05, 4.69) is 19.2 Å². The number of hydrogen-bond acceptors (Lipinski definition) is 3. The molecule has 0 bridgehead atoms. The van der Waals surface area contributed by atoms with Gasteiger partial charge in [0.05, 0.1) is 5.60 Å². The Hall–Kier alpha value is -1.23. The van der Waals surface area contributed by atoms with Gasteiger partial charge in [0, 0.05) is 30.1 Å². The van der Waals surface area contributed by atoms with Gasteiger partial charge in [-0.3, -0.25) is 0 Å². The van der Waals surface area contributed by atoms with Crippen LogP contribution in [0.25, 0.3) is 10.4 Å². The number of ether oxygens (including phenoxy) is 1. The molecule has 0 spiro atoms. The van der Waals surface area contributed by atoms with Gasteiger partial charge in [-0.2, -0.15) is 0 Å². The van der Waals surface area contributed by atoms with E-state index in [1.807, 2.05) is 36.6 Å². The smallest absolute Gasteiger partial charge is 0.131 e. The fourth-order valence-electron chi connectivity index (χ4n) is 2.25. The summed E-state index contributed by atoms with van der Waals surface area (Å²) in [6.45, 7) is 8.28. The van der Waals surface area contributed by atoms with E-state index in [0.717, 1.165) is 17.0 Å². The zero-order valence-electron chi connectivity index (χ0n) is 12.8. The lowest BCUT2D eigenvalue weighted by atomic mass is 10.1. The number of halogens is 1. The van der Waals surface area contributed by atoms with Crippen LogP contribution in [-0.2, 0) is 11.3 Å². The maximum absolute atomic E-state index is 13.9. The first kappa shape index (κ1) is 16.1. The third-order valence-corrected chi connectivity index (χ3v) is 4.14. The van der Waals surface area contributed by atoms with Crippen molar-refractivity contribution in [2.75, 3.05) is 13.2 Å². The predicted octanol–water partition coefficient (Wildman–Crippen LogP) is 4.46. The molecule has 0 saturated carbocycles. The second kappa shape index (κ2) is 7.16. The van der Waals surface area contributed by atoms with Gasteiger partial charge >= 0.3 is 0 Å². The molecule has 0 radical (unpaired) electrons. The Bertz CT molecular complexity index is 566. The fourth-order valence-corrected chi connectivity index (χ4v) is 3.00. The van der Waals surface area contributed by atoms with E-state index in [9.17, 15) is 4.39 Å². The van der Waals surface area contributed by atoms with Crippen LogP contribution >= 0.6 is 11.3 Å². The third-order valence-electron chi connectivity index (χ3n) is 3.23. The molecule has 4 heteroatoms. The van der Waals surface area contributed by atoms with Gasteiger partial charge in [-0.15, -0.1) is 11.3 Å². The lowest BCUT2D eigenvalue weighted by molar-refractivity contribution is -0.00897. The predicted molar refractivity (Wildman–Crippen MR) is 87.1 cm³/mol. The minimum Gasteiger partial charge on any atom is -0.375 e. The van der Waals surface area contributed by atoms with Crippen molar-refractivity contribution < 1.29 is 9.13 Å². The molecule has 0 fully saturated rings. The summed E-state index contributed by atoms with van der Waals surface area (Å²) in [6, 6.07) is 9.17. The van der Waals surface area contributed by atoms with E-state index in [-0.39, 0.29) is 11.4 Å². The largest absolute Gasteiger partial charge is 0.375 e. The quantitative estimate of drug-likeness (QED) is 0.815. The van der Waals surface area contributed by atoms with Crippen LogP contribution in [-0.4, -0.2) is 18.8 Å². The van der Waals surface area contributed by atoms with Crippen molar-refractivity contribution in [3.8, 4) is 10.4 Å². The van der Waals surface area contributed by atoms with Gasteiger partial charge in [-0.1, -0.05) is 12.1 Å². The molecule has 0 atom stereocenters. The Balaban J connectivity index is 2.00. The molecule has 1 N–H and O–H groups in total. The molecule has 0 aliphatic rings. The molecule has 0 saturated heterocycles. The summed E-state index contributed by atoms with van der Waals surface area (Å²) < 4.78 is 19.6. The summed E-state index contributed by atoms with van der Waals surface area (Å²) in [6.07, 6.45) is 0. The zero-order valence-corrected chi connectivity index (χ0v) is 13.6. The van der Waals surface area contributed by atoms with E-state index >= 15 is 0 Å². The van der Waals surface area contributed by atoms with Crippen LogP contribution in [0.4, 0.5) is 4.39 Å². The van der Waals surface area contributed by atoms with Crippen LogP contribution in [0.2, 0.25) is 0 Å². The van der Waals surface area contributed by atoms with Gasteiger partial charge in [0.25, 0.3) is 0 Å². The van der Waals surface area contributed by atoms with E-state index < -0.39 is 0 Å². The number of benzene rings is 1. The third kappa shape index (κ3) is 4.63. The van der Waals surface area contributed by atoms with Crippen LogP contribution in [0.15, 0.2) is 35.7 Å².